The van der Waals surface area contributed by atoms with Crippen LogP contribution >= 0.6 is 0 Å². The minimum atomic E-state index is -1.04. The van der Waals surface area contributed by atoms with Gasteiger partial charge in [-0.1, -0.05) is 6.07 Å². The molecule has 0 unspecified atom stereocenters. The van der Waals surface area contributed by atoms with Crippen LogP contribution in [0.15, 0.2) is 23.8 Å². The Kier molecular flexibility index (Phi) is 3.40. The zero-order valence-electron chi connectivity index (χ0n) is 8.93. The largest absolute Gasteiger partial charge is 0.478 e. The average molecular weight is 221 g/mol. The van der Waals surface area contributed by atoms with Crippen molar-refractivity contribution in [2.75, 3.05) is 0 Å². The van der Waals surface area contributed by atoms with Crippen molar-refractivity contribution >= 4 is 17.7 Å². The van der Waals surface area contributed by atoms with Gasteiger partial charge in [-0.05, 0) is 31.1 Å². The summed E-state index contributed by atoms with van der Waals surface area (Å²) in [5.74, 6) is -1.04. The highest BCUT2D eigenvalue weighted by Gasteiger charge is 2.08. The Labute approximate surface area is 92.2 Å². The van der Waals surface area contributed by atoms with Crippen molar-refractivity contribution in [1.29, 1.82) is 0 Å². The van der Waals surface area contributed by atoms with E-state index >= 15 is 0 Å². The van der Waals surface area contributed by atoms with E-state index in [1.165, 1.54) is 25.1 Å². The van der Waals surface area contributed by atoms with E-state index in [-0.39, 0.29) is 11.3 Å². The Morgan fingerprint density at radius 3 is 2.62 bits per heavy atom. The smallest absolute Gasteiger partial charge is 0.331 e. The van der Waals surface area contributed by atoms with E-state index < -0.39 is 10.9 Å². The number of rotatable bonds is 3. The van der Waals surface area contributed by atoms with Gasteiger partial charge in [0.15, 0.2) is 0 Å². The van der Waals surface area contributed by atoms with Crippen molar-refractivity contribution in [3.05, 3.63) is 45.0 Å². The fraction of sp³-hybridized carbons (Fsp3) is 0.182. The van der Waals surface area contributed by atoms with Gasteiger partial charge in [0.05, 0.1) is 4.92 Å². The maximum Gasteiger partial charge on any atom is 0.331 e. The molecule has 0 radical (unpaired) electrons. The topological polar surface area (TPSA) is 80.4 Å². The number of carboxylic acid groups (broad SMARTS) is 1. The maximum absolute atomic E-state index is 10.6. The lowest BCUT2D eigenvalue weighted by Crippen LogP contribution is -1.96. The van der Waals surface area contributed by atoms with Crippen molar-refractivity contribution in [3.63, 3.8) is 0 Å². The molecule has 5 nitrogen and oxygen atoms in total. The van der Waals surface area contributed by atoms with Gasteiger partial charge in [0, 0.05) is 17.7 Å². The number of carbonyl (C=O) groups is 1. The van der Waals surface area contributed by atoms with Crippen LogP contribution in [0.5, 0.6) is 0 Å². The van der Waals surface area contributed by atoms with Gasteiger partial charge < -0.3 is 5.11 Å². The second-order valence-electron chi connectivity index (χ2n) is 3.43. The van der Waals surface area contributed by atoms with Crippen LogP contribution in [-0.2, 0) is 4.79 Å². The molecule has 0 spiro atoms. The van der Waals surface area contributed by atoms with E-state index in [4.69, 9.17) is 5.11 Å². The summed E-state index contributed by atoms with van der Waals surface area (Å²) in [6, 6.07) is 4.35. The second kappa shape index (κ2) is 4.57. The van der Waals surface area contributed by atoms with Gasteiger partial charge in [0.2, 0.25) is 0 Å². The highest BCUT2D eigenvalue weighted by molar-refractivity contribution is 5.91. The minimum Gasteiger partial charge on any atom is -0.478 e. The van der Waals surface area contributed by atoms with Gasteiger partial charge in [-0.2, -0.15) is 0 Å². The first-order valence-electron chi connectivity index (χ1n) is 4.58. The van der Waals surface area contributed by atoms with Gasteiger partial charge in [-0.25, -0.2) is 4.79 Å². The second-order valence-corrected chi connectivity index (χ2v) is 3.43. The SMILES string of the molecule is CC(=Cc1cc([N+](=O)[O-])ccc1C)C(=O)O. The zero-order chi connectivity index (χ0) is 12.3. The lowest BCUT2D eigenvalue weighted by molar-refractivity contribution is -0.384. The molecule has 0 amide bonds. The van der Waals surface area contributed by atoms with E-state index in [1.807, 2.05) is 0 Å². The van der Waals surface area contributed by atoms with Crippen LogP contribution < -0.4 is 0 Å². The number of nitro groups is 1. The molecule has 0 heterocycles. The summed E-state index contributed by atoms with van der Waals surface area (Å²) in [6.45, 7) is 3.21. The molecule has 0 saturated heterocycles. The molecule has 84 valence electrons. The van der Waals surface area contributed by atoms with E-state index in [9.17, 15) is 14.9 Å². The van der Waals surface area contributed by atoms with Crippen molar-refractivity contribution in [3.8, 4) is 0 Å². The highest BCUT2D eigenvalue weighted by Crippen LogP contribution is 2.19. The number of carboxylic acids is 1. The monoisotopic (exact) mass is 221 g/mol. The van der Waals surface area contributed by atoms with Crippen LogP contribution in [0.1, 0.15) is 18.1 Å². The van der Waals surface area contributed by atoms with E-state index in [1.54, 1.807) is 13.0 Å². The van der Waals surface area contributed by atoms with Crippen LogP contribution in [0.4, 0.5) is 5.69 Å². The Morgan fingerprint density at radius 2 is 2.12 bits per heavy atom. The predicted octanol–water partition coefficient (Wildman–Crippen LogP) is 2.39. The van der Waals surface area contributed by atoms with Gasteiger partial charge in [-0.3, -0.25) is 10.1 Å². The van der Waals surface area contributed by atoms with Gasteiger partial charge >= 0.3 is 5.97 Å². The number of aliphatic carboxylic acids is 1. The Bertz CT molecular complexity index is 477. The summed E-state index contributed by atoms with van der Waals surface area (Å²) in [4.78, 5) is 20.7. The summed E-state index contributed by atoms with van der Waals surface area (Å²) >= 11 is 0. The summed E-state index contributed by atoms with van der Waals surface area (Å²) in [5.41, 5.74) is 1.44. The number of hydrogen-bond acceptors (Lipinski definition) is 3. The standard InChI is InChI=1S/C11H11NO4/c1-7-3-4-10(12(15)16)6-9(7)5-8(2)11(13)14/h3-6H,1-2H3,(H,13,14). The van der Waals surface area contributed by atoms with Crippen LogP contribution in [-0.4, -0.2) is 16.0 Å². The Balaban J connectivity index is 3.23. The van der Waals surface area contributed by atoms with E-state index in [2.05, 4.69) is 0 Å². The predicted molar refractivity (Wildman–Crippen MR) is 59.1 cm³/mol. The molecule has 1 aromatic rings. The molecule has 0 aliphatic carbocycles. The lowest BCUT2D eigenvalue weighted by atomic mass is 10.1. The molecule has 0 aliphatic rings. The van der Waals surface area contributed by atoms with Crippen molar-refractivity contribution in [2.45, 2.75) is 13.8 Å². The van der Waals surface area contributed by atoms with Crippen molar-refractivity contribution < 1.29 is 14.8 Å². The van der Waals surface area contributed by atoms with E-state index in [0.717, 1.165) is 5.56 Å². The van der Waals surface area contributed by atoms with Crippen LogP contribution in [0, 0.1) is 17.0 Å². The summed E-state index contributed by atoms with van der Waals surface area (Å²) in [5, 5.41) is 19.3. The number of benzene rings is 1. The molecule has 0 fully saturated rings. The minimum absolute atomic E-state index is 0.0463. The first-order chi connectivity index (χ1) is 7.41. The van der Waals surface area contributed by atoms with Gasteiger partial charge in [0.1, 0.15) is 0 Å². The summed E-state index contributed by atoms with van der Waals surface area (Å²) in [7, 11) is 0. The van der Waals surface area contributed by atoms with Gasteiger partial charge in [-0.15, -0.1) is 0 Å². The fourth-order valence-electron chi connectivity index (χ4n) is 1.19. The third-order valence-corrected chi connectivity index (χ3v) is 2.18. The van der Waals surface area contributed by atoms with Crippen LogP contribution in [0.25, 0.3) is 6.08 Å². The molecule has 0 atom stereocenters. The van der Waals surface area contributed by atoms with E-state index in [0.29, 0.717) is 5.56 Å². The average Bonchev–Trinajstić information content (AvgIpc) is 2.20. The molecule has 0 bridgehead atoms. The molecule has 1 aromatic carbocycles. The van der Waals surface area contributed by atoms with Crippen molar-refractivity contribution in [1.82, 2.24) is 0 Å². The Hall–Kier alpha value is -2.17. The molecule has 5 heteroatoms. The fourth-order valence-corrected chi connectivity index (χ4v) is 1.19. The van der Waals surface area contributed by atoms with Crippen LogP contribution in [0.2, 0.25) is 0 Å². The highest BCUT2D eigenvalue weighted by atomic mass is 16.6. The molecule has 0 saturated carbocycles. The molecule has 16 heavy (non-hydrogen) atoms. The molecule has 0 aliphatic heterocycles. The number of nitrogens with zero attached hydrogens (tertiary/aromatic N) is 1. The van der Waals surface area contributed by atoms with Gasteiger partial charge in [0.25, 0.3) is 5.69 Å². The number of non-ortho nitro benzene ring substituents is 1. The summed E-state index contributed by atoms with van der Waals surface area (Å²) in [6.07, 6.45) is 1.42. The molecular weight excluding hydrogens is 210 g/mol. The molecule has 1 N–H and O–H groups in total. The number of nitro benzene ring substituents is 1. The third-order valence-electron chi connectivity index (χ3n) is 2.18. The number of aryl methyl sites for hydroxylation is 1. The first kappa shape index (κ1) is 11.9. The first-order valence-corrected chi connectivity index (χ1v) is 4.58. The summed E-state index contributed by atoms with van der Waals surface area (Å²) < 4.78 is 0. The molecular formula is C11H11NO4. The molecule has 1 rings (SSSR count). The Morgan fingerprint density at radius 1 is 1.50 bits per heavy atom. The van der Waals surface area contributed by atoms with Crippen molar-refractivity contribution in [2.24, 2.45) is 0 Å². The normalized spacial score (nSPS) is 11.2. The number of hydrogen-bond donors (Lipinski definition) is 1. The lowest BCUT2D eigenvalue weighted by Gasteiger charge is -2.01. The quantitative estimate of drug-likeness (QED) is 0.482. The van der Waals surface area contributed by atoms with Crippen LogP contribution in [0.3, 0.4) is 0 Å². The zero-order valence-corrected chi connectivity index (χ0v) is 8.93. The molecule has 0 aromatic heterocycles. The maximum atomic E-state index is 10.6. The third kappa shape index (κ3) is 2.66.